The van der Waals surface area contributed by atoms with E-state index < -0.39 is 5.97 Å². The Morgan fingerprint density at radius 2 is 1.71 bits per heavy atom. The molecule has 0 aliphatic carbocycles. The fraction of sp³-hybridized carbons (Fsp3) is 0.300. The largest absolute Gasteiger partial charge is 0.481 e. The number of benzene rings is 2. The van der Waals surface area contributed by atoms with Crippen LogP contribution in [-0.4, -0.2) is 41.8 Å². The van der Waals surface area contributed by atoms with Gasteiger partial charge in [-0.2, -0.15) is 0 Å². The van der Waals surface area contributed by atoms with Crippen molar-refractivity contribution in [3.05, 3.63) is 59.7 Å². The van der Waals surface area contributed by atoms with Gasteiger partial charge in [0.1, 0.15) is 11.5 Å². The number of carbonyl (C=O) groups excluding carboxylic acids is 1. The Kier molecular flexibility index (Phi) is 8.41. The van der Waals surface area contributed by atoms with E-state index >= 15 is 0 Å². The van der Waals surface area contributed by atoms with Gasteiger partial charge in [0.05, 0.1) is 6.73 Å². The lowest BCUT2D eigenvalue weighted by molar-refractivity contribution is -0.134. The van der Waals surface area contributed by atoms with Gasteiger partial charge in [-0.1, -0.05) is 12.1 Å². The van der Waals surface area contributed by atoms with E-state index in [0.29, 0.717) is 18.0 Å². The average molecular weight is 387 g/mol. The summed E-state index contributed by atoms with van der Waals surface area (Å²) in [5.74, 6) is 5.37. The molecule has 0 radical (unpaired) electrons. The number of nitrogens with zero attached hydrogens (tertiary/aromatic N) is 1. The Hall–Kier alpha value is -2.94. The zero-order valence-electron chi connectivity index (χ0n) is 15.8. The predicted octanol–water partition coefficient (Wildman–Crippen LogP) is 2.35. The van der Waals surface area contributed by atoms with Crippen molar-refractivity contribution in [2.45, 2.75) is 19.9 Å². The van der Waals surface area contributed by atoms with Crippen LogP contribution in [0.1, 0.15) is 29.3 Å². The van der Waals surface area contributed by atoms with Crippen LogP contribution in [0.15, 0.2) is 48.5 Å². The number of nitrogens with one attached hydrogen (secondary N) is 1. The van der Waals surface area contributed by atoms with Crippen molar-refractivity contribution >= 4 is 11.9 Å². The number of hydrogen-bond acceptors (Lipinski definition) is 6. The Balaban J connectivity index is 0.000000640. The molecule has 8 heteroatoms. The summed E-state index contributed by atoms with van der Waals surface area (Å²) < 4.78 is 11.2. The van der Waals surface area contributed by atoms with Crippen molar-refractivity contribution in [3.63, 3.8) is 0 Å². The molecule has 2 aromatic carbocycles. The first kappa shape index (κ1) is 21.4. The zero-order chi connectivity index (χ0) is 20.4. The number of carbonyl (C=O) groups is 2. The van der Waals surface area contributed by atoms with E-state index in [1.54, 1.807) is 24.3 Å². The first-order valence-electron chi connectivity index (χ1n) is 8.85. The van der Waals surface area contributed by atoms with Crippen LogP contribution in [0.2, 0.25) is 0 Å². The van der Waals surface area contributed by atoms with Crippen LogP contribution in [0.3, 0.4) is 0 Å². The molecule has 1 heterocycles. The maximum absolute atomic E-state index is 11.4. The molecule has 150 valence electrons. The summed E-state index contributed by atoms with van der Waals surface area (Å²) in [6.07, 6.45) is 1.08. The first-order chi connectivity index (χ1) is 13.5. The molecule has 8 nitrogen and oxygen atoms in total. The fourth-order valence-corrected chi connectivity index (χ4v) is 2.59. The summed E-state index contributed by atoms with van der Waals surface area (Å²) in [5, 5.41) is 7.42. The van der Waals surface area contributed by atoms with Crippen LogP contribution in [0.4, 0.5) is 0 Å². The van der Waals surface area contributed by atoms with Crippen LogP contribution in [0, 0.1) is 0 Å². The molecule has 1 amide bonds. The normalized spacial score (nSPS) is 13.8. The van der Waals surface area contributed by atoms with Crippen molar-refractivity contribution in [3.8, 4) is 11.5 Å². The minimum atomic E-state index is -0.833. The number of amides is 1. The summed E-state index contributed by atoms with van der Waals surface area (Å²) in [6, 6.07) is 14.8. The van der Waals surface area contributed by atoms with E-state index in [9.17, 15) is 4.79 Å². The van der Waals surface area contributed by atoms with Crippen LogP contribution >= 0.6 is 0 Å². The predicted molar refractivity (Wildman–Crippen MR) is 104 cm³/mol. The van der Waals surface area contributed by atoms with Gasteiger partial charge in [0.15, 0.2) is 0 Å². The quantitative estimate of drug-likeness (QED) is 0.410. The summed E-state index contributed by atoms with van der Waals surface area (Å²) in [4.78, 5) is 22.7. The standard InChI is InChI=1S/C18H21N3O3.C2H4O2/c19-20-18(22)15-4-8-17(9-5-15)24-16-6-2-14(3-7-16)12-21-10-1-11-23-13-21;1-2(3)4/h2-9H,1,10-13,19H2,(H,20,22);1H3,(H,3,4). The maximum atomic E-state index is 11.4. The van der Waals surface area contributed by atoms with Crippen LogP contribution in [-0.2, 0) is 16.1 Å². The number of nitrogens with two attached hydrogens (primary N) is 1. The number of carboxylic acids is 1. The highest BCUT2D eigenvalue weighted by Gasteiger charge is 2.10. The molecule has 0 bridgehead atoms. The van der Waals surface area contributed by atoms with E-state index in [-0.39, 0.29) is 5.91 Å². The molecule has 0 atom stereocenters. The Labute approximate surface area is 163 Å². The Bertz CT molecular complexity index is 752. The summed E-state index contributed by atoms with van der Waals surface area (Å²) in [5.41, 5.74) is 3.81. The van der Waals surface area contributed by atoms with Crippen LogP contribution in [0.5, 0.6) is 11.5 Å². The van der Waals surface area contributed by atoms with Gasteiger partial charge in [0.25, 0.3) is 11.9 Å². The van der Waals surface area contributed by atoms with Crippen LogP contribution < -0.4 is 16.0 Å². The van der Waals surface area contributed by atoms with E-state index in [4.69, 9.17) is 25.2 Å². The second kappa shape index (κ2) is 11.0. The zero-order valence-corrected chi connectivity index (χ0v) is 15.8. The topological polar surface area (TPSA) is 114 Å². The number of hydrogen-bond donors (Lipinski definition) is 3. The van der Waals surface area contributed by atoms with Crippen molar-refractivity contribution in [1.82, 2.24) is 10.3 Å². The molecule has 4 N–H and O–H groups in total. The second-order valence-electron chi connectivity index (χ2n) is 6.21. The molecule has 0 aromatic heterocycles. The third-order valence-corrected chi connectivity index (χ3v) is 3.85. The number of rotatable bonds is 5. The van der Waals surface area contributed by atoms with Crippen molar-refractivity contribution in [2.75, 3.05) is 19.9 Å². The third-order valence-electron chi connectivity index (χ3n) is 3.85. The van der Waals surface area contributed by atoms with Crippen molar-refractivity contribution < 1.29 is 24.2 Å². The highest BCUT2D eigenvalue weighted by atomic mass is 16.5. The average Bonchev–Trinajstić information content (AvgIpc) is 2.70. The van der Waals surface area contributed by atoms with Gasteiger partial charge in [-0.15, -0.1) is 0 Å². The van der Waals surface area contributed by atoms with Crippen LogP contribution in [0.25, 0.3) is 0 Å². The van der Waals surface area contributed by atoms with Gasteiger partial charge >= 0.3 is 0 Å². The number of hydrazine groups is 1. The number of ether oxygens (including phenoxy) is 2. The van der Waals surface area contributed by atoms with Gasteiger partial charge in [-0.05, 0) is 48.4 Å². The van der Waals surface area contributed by atoms with Crippen molar-refractivity contribution in [2.24, 2.45) is 5.84 Å². The molecule has 28 heavy (non-hydrogen) atoms. The number of carboxylic acid groups (broad SMARTS) is 1. The molecule has 0 spiro atoms. The Morgan fingerprint density at radius 1 is 1.14 bits per heavy atom. The van der Waals surface area contributed by atoms with E-state index in [1.807, 2.05) is 12.1 Å². The summed E-state index contributed by atoms with van der Waals surface area (Å²) in [7, 11) is 0. The number of aliphatic carboxylic acids is 1. The molecule has 3 rings (SSSR count). The van der Waals surface area contributed by atoms with E-state index in [1.165, 1.54) is 5.56 Å². The summed E-state index contributed by atoms with van der Waals surface area (Å²) in [6.45, 7) is 4.58. The molecule has 2 aromatic rings. The first-order valence-corrected chi connectivity index (χ1v) is 8.85. The molecular formula is C20H25N3O5. The molecular weight excluding hydrogens is 362 g/mol. The van der Waals surface area contributed by atoms with E-state index in [2.05, 4.69) is 22.5 Å². The second-order valence-corrected chi connectivity index (χ2v) is 6.21. The lowest BCUT2D eigenvalue weighted by Gasteiger charge is -2.26. The van der Waals surface area contributed by atoms with Gasteiger partial charge < -0.3 is 14.6 Å². The minimum absolute atomic E-state index is 0.326. The minimum Gasteiger partial charge on any atom is -0.481 e. The van der Waals surface area contributed by atoms with Gasteiger partial charge in [0, 0.05) is 32.2 Å². The smallest absolute Gasteiger partial charge is 0.300 e. The third kappa shape index (κ3) is 7.36. The lowest BCUT2D eigenvalue weighted by atomic mass is 10.2. The highest BCUT2D eigenvalue weighted by molar-refractivity contribution is 5.93. The lowest BCUT2D eigenvalue weighted by Crippen LogP contribution is -2.32. The fourth-order valence-electron chi connectivity index (χ4n) is 2.59. The van der Waals surface area contributed by atoms with Gasteiger partial charge in [0.2, 0.25) is 0 Å². The SMILES string of the molecule is CC(=O)O.NNC(=O)c1ccc(Oc2ccc(CN3CCCOC3)cc2)cc1. The van der Waals surface area contributed by atoms with Gasteiger partial charge in [-0.25, -0.2) is 5.84 Å². The molecule has 0 unspecified atom stereocenters. The molecule has 1 aliphatic rings. The molecule has 1 aliphatic heterocycles. The highest BCUT2D eigenvalue weighted by Crippen LogP contribution is 2.22. The molecule has 1 fully saturated rings. The molecule has 0 saturated carbocycles. The van der Waals surface area contributed by atoms with Crippen molar-refractivity contribution in [1.29, 1.82) is 0 Å². The molecule has 1 saturated heterocycles. The maximum Gasteiger partial charge on any atom is 0.300 e. The van der Waals surface area contributed by atoms with E-state index in [0.717, 1.165) is 38.8 Å². The van der Waals surface area contributed by atoms with Gasteiger partial charge in [-0.3, -0.25) is 19.9 Å². The number of nitrogen functional groups attached to an aromatic ring is 1. The monoisotopic (exact) mass is 387 g/mol. The Morgan fingerprint density at radius 3 is 2.21 bits per heavy atom. The summed E-state index contributed by atoms with van der Waals surface area (Å²) >= 11 is 0.